The average Bonchev–Trinajstić information content (AvgIpc) is 2.26. The van der Waals surface area contributed by atoms with Gasteiger partial charge in [-0.1, -0.05) is 25.7 Å². The molecule has 0 aliphatic heterocycles. The van der Waals surface area contributed by atoms with E-state index >= 15 is 0 Å². The van der Waals surface area contributed by atoms with Crippen molar-refractivity contribution < 1.29 is 9.53 Å². The molecule has 2 aliphatic carbocycles. The SMILES string of the molecule is CC(C)(C)OC(=O)NC1CCC2CCCCC2C1. The maximum Gasteiger partial charge on any atom is 0.407 e. The summed E-state index contributed by atoms with van der Waals surface area (Å²) in [6.07, 6.45) is 8.86. The van der Waals surface area contributed by atoms with Gasteiger partial charge in [-0.3, -0.25) is 0 Å². The van der Waals surface area contributed by atoms with Gasteiger partial charge in [0, 0.05) is 6.04 Å². The Morgan fingerprint density at radius 1 is 1.06 bits per heavy atom. The second kappa shape index (κ2) is 5.50. The molecule has 0 aromatic heterocycles. The molecule has 3 heteroatoms. The summed E-state index contributed by atoms with van der Waals surface area (Å²) >= 11 is 0. The molecular weight excluding hydrogens is 226 g/mol. The van der Waals surface area contributed by atoms with Crippen LogP contribution in [0.5, 0.6) is 0 Å². The molecule has 1 N–H and O–H groups in total. The van der Waals surface area contributed by atoms with Crippen molar-refractivity contribution >= 4 is 6.09 Å². The van der Waals surface area contributed by atoms with E-state index in [9.17, 15) is 4.79 Å². The molecule has 3 atom stereocenters. The normalized spacial score (nSPS) is 32.5. The topological polar surface area (TPSA) is 38.3 Å². The summed E-state index contributed by atoms with van der Waals surface area (Å²) in [5.41, 5.74) is -0.397. The molecule has 2 aliphatic rings. The quantitative estimate of drug-likeness (QED) is 0.770. The zero-order chi connectivity index (χ0) is 13.2. The third-order valence-corrected chi connectivity index (χ3v) is 4.26. The smallest absolute Gasteiger partial charge is 0.407 e. The lowest BCUT2D eigenvalue weighted by Crippen LogP contribution is -2.43. The molecule has 0 aromatic carbocycles. The molecule has 0 bridgehead atoms. The monoisotopic (exact) mass is 253 g/mol. The average molecular weight is 253 g/mol. The van der Waals surface area contributed by atoms with E-state index in [1.165, 1.54) is 32.1 Å². The summed E-state index contributed by atoms with van der Waals surface area (Å²) in [5.74, 6) is 1.77. The van der Waals surface area contributed by atoms with Crippen molar-refractivity contribution in [2.24, 2.45) is 11.8 Å². The van der Waals surface area contributed by atoms with Gasteiger partial charge in [0.1, 0.15) is 5.60 Å². The van der Waals surface area contributed by atoms with Crippen molar-refractivity contribution in [3.8, 4) is 0 Å². The van der Waals surface area contributed by atoms with E-state index in [1.54, 1.807) is 0 Å². The Kier molecular flexibility index (Phi) is 4.18. The molecular formula is C15H27NO2. The molecule has 0 spiro atoms. The molecule has 1 amide bonds. The number of rotatable bonds is 1. The highest BCUT2D eigenvalue weighted by Gasteiger charge is 2.33. The zero-order valence-electron chi connectivity index (χ0n) is 12.0. The molecule has 0 aromatic rings. The standard InChI is InChI=1S/C15H27NO2/c1-15(2,3)18-14(17)16-13-9-8-11-6-4-5-7-12(11)10-13/h11-13H,4-10H2,1-3H3,(H,16,17). The van der Waals surface area contributed by atoms with Crippen LogP contribution in [0.4, 0.5) is 4.79 Å². The van der Waals surface area contributed by atoms with Gasteiger partial charge < -0.3 is 10.1 Å². The fraction of sp³-hybridized carbons (Fsp3) is 0.933. The lowest BCUT2D eigenvalue weighted by molar-refractivity contribution is 0.0457. The van der Waals surface area contributed by atoms with Gasteiger partial charge in [0.05, 0.1) is 0 Å². The molecule has 104 valence electrons. The van der Waals surface area contributed by atoms with Crippen LogP contribution in [0.15, 0.2) is 0 Å². The molecule has 2 saturated carbocycles. The number of carbonyl (C=O) groups excluding carboxylic acids is 1. The molecule has 0 heterocycles. The maximum atomic E-state index is 11.8. The molecule has 18 heavy (non-hydrogen) atoms. The molecule has 2 fully saturated rings. The molecule has 0 saturated heterocycles. The number of ether oxygens (including phenoxy) is 1. The minimum atomic E-state index is -0.397. The fourth-order valence-electron chi connectivity index (χ4n) is 3.48. The predicted octanol–water partition coefficient (Wildman–Crippen LogP) is 3.87. The summed E-state index contributed by atoms with van der Waals surface area (Å²) in [6, 6.07) is 0.333. The van der Waals surface area contributed by atoms with Crippen LogP contribution in [0, 0.1) is 11.8 Å². The number of carbonyl (C=O) groups is 1. The minimum absolute atomic E-state index is 0.248. The van der Waals surface area contributed by atoms with Crippen LogP contribution in [0.25, 0.3) is 0 Å². The number of alkyl carbamates (subject to hydrolysis) is 1. The van der Waals surface area contributed by atoms with Gasteiger partial charge in [-0.25, -0.2) is 4.79 Å². The summed E-state index contributed by atoms with van der Waals surface area (Å²) < 4.78 is 5.33. The van der Waals surface area contributed by atoms with Crippen molar-refractivity contribution in [2.75, 3.05) is 0 Å². The first-order valence-corrected chi connectivity index (χ1v) is 7.43. The summed E-state index contributed by atoms with van der Waals surface area (Å²) in [5, 5.41) is 3.05. The lowest BCUT2D eigenvalue weighted by atomic mass is 9.69. The van der Waals surface area contributed by atoms with Gasteiger partial charge in [0.15, 0.2) is 0 Å². The van der Waals surface area contributed by atoms with E-state index < -0.39 is 5.60 Å². The molecule has 3 nitrogen and oxygen atoms in total. The minimum Gasteiger partial charge on any atom is -0.444 e. The van der Waals surface area contributed by atoms with E-state index in [4.69, 9.17) is 4.74 Å². The Hall–Kier alpha value is -0.730. The number of fused-ring (bicyclic) bond motifs is 1. The zero-order valence-corrected chi connectivity index (χ0v) is 12.0. The Balaban J connectivity index is 1.79. The Bertz CT molecular complexity index is 295. The largest absolute Gasteiger partial charge is 0.444 e. The van der Waals surface area contributed by atoms with Crippen molar-refractivity contribution in [3.05, 3.63) is 0 Å². The van der Waals surface area contributed by atoms with Crippen LogP contribution >= 0.6 is 0 Å². The highest BCUT2D eigenvalue weighted by molar-refractivity contribution is 5.68. The Labute approximate surface area is 111 Å². The first-order chi connectivity index (χ1) is 8.44. The van der Waals surface area contributed by atoms with Gasteiger partial charge in [0.25, 0.3) is 0 Å². The van der Waals surface area contributed by atoms with Crippen molar-refractivity contribution in [3.63, 3.8) is 0 Å². The summed E-state index contributed by atoms with van der Waals surface area (Å²) in [7, 11) is 0. The van der Waals surface area contributed by atoms with Crippen LogP contribution in [-0.2, 0) is 4.74 Å². The molecule has 2 rings (SSSR count). The van der Waals surface area contributed by atoms with Crippen LogP contribution in [-0.4, -0.2) is 17.7 Å². The summed E-state index contributed by atoms with van der Waals surface area (Å²) in [4.78, 5) is 11.8. The third-order valence-electron chi connectivity index (χ3n) is 4.26. The van der Waals surface area contributed by atoms with Gasteiger partial charge >= 0.3 is 6.09 Å². The molecule has 3 unspecified atom stereocenters. The number of hydrogen-bond acceptors (Lipinski definition) is 2. The fourth-order valence-corrected chi connectivity index (χ4v) is 3.48. The van der Waals surface area contributed by atoms with Gasteiger partial charge in [-0.15, -0.1) is 0 Å². The number of amides is 1. The Morgan fingerprint density at radius 2 is 1.72 bits per heavy atom. The summed E-state index contributed by atoms with van der Waals surface area (Å²) in [6.45, 7) is 5.72. The highest BCUT2D eigenvalue weighted by Crippen LogP contribution is 2.40. The maximum absolute atomic E-state index is 11.8. The molecule has 0 radical (unpaired) electrons. The van der Waals surface area contributed by atoms with E-state index in [2.05, 4.69) is 5.32 Å². The third kappa shape index (κ3) is 3.89. The first kappa shape index (κ1) is 13.7. The van der Waals surface area contributed by atoms with Gasteiger partial charge in [-0.05, 0) is 51.9 Å². The Morgan fingerprint density at radius 3 is 2.39 bits per heavy atom. The first-order valence-electron chi connectivity index (χ1n) is 7.43. The predicted molar refractivity (Wildman–Crippen MR) is 72.5 cm³/mol. The van der Waals surface area contributed by atoms with E-state index in [0.717, 1.165) is 24.7 Å². The van der Waals surface area contributed by atoms with Crippen molar-refractivity contribution in [1.29, 1.82) is 0 Å². The van der Waals surface area contributed by atoms with Crippen LogP contribution in [0.3, 0.4) is 0 Å². The van der Waals surface area contributed by atoms with E-state index in [-0.39, 0.29) is 6.09 Å². The van der Waals surface area contributed by atoms with Gasteiger partial charge in [0.2, 0.25) is 0 Å². The van der Waals surface area contributed by atoms with Crippen molar-refractivity contribution in [2.45, 2.75) is 77.4 Å². The van der Waals surface area contributed by atoms with E-state index in [1.807, 2.05) is 20.8 Å². The number of nitrogens with one attached hydrogen (secondary N) is 1. The second-order valence-corrected chi connectivity index (χ2v) is 6.96. The highest BCUT2D eigenvalue weighted by atomic mass is 16.6. The van der Waals surface area contributed by atoms with Crippen LogP contribution in [0.2, 0.25) is 0 Å². The van der Waals surface area contributed by atoms with Crippen LogP contribution < -0.4 is 5.32 Å². The van der Waals surface area contributed by atoms with E-state index in [0.29, 0.717) is 6.04 Å². The van der Waals surface area contributed by atoms with Crippen molar-refractivity contribution in [1.82, 2.24) is 5.32 Å². The van der Waals surface area contributed by atoms with Crippen LogP contribution in [0.1, 0.15) is 65.7 Å². The van der Waals surface area contributed by atoms with Gasteiger partial charge in [-0.2, -0.15) is 0 Å². The second-order valence-electron chi connectivity index (χ2n) is 6.96. The number of hydrogen-bond donors (Lipinski definition) is 1. The lowest BCUT2D eigenvalue weighted by Gasteiger charge is -2.39.